The molecule has 0 saturated carbocycles. The highest BCUT2D eigenvalue weighted by molar-refractivity contribution is 5.86. The zero-order chi connectivity index (χ0) is 13.9. The zero-order valence-corrected chi connectivity index (χ0v) is 11.6. The molecule has 2 aliphatic rings. The predicted octanol–water partition coefficient (Wildman–Crippen LogP) is -0.0810. The molecule has 108 valence electrons. The van der Waals surface area contributed by atoms with Gasteiger partial charge in [-0.1, -0.05) is 0 Å². The lowest BCUT2D eigenvalue weighted by Gasteiger charge is -2.39. The molecular weight excluding hydrogens is 248 g/mol. The molecule has 2 heterocycles. The summed E-state index contributed by atoms with van der Waals surface area (Å²) >= 11 is 0. The Hall–Kier alpha value is -1.14. The average molecular weight is 270 g/mol. The van der Waals surface area contributed by atoms with E-state index in [9.17, 15) is 9.59 Å². The predicted molar refractivity (Wildman–Crippen MR) is 68.6 cm³/mol. The Morgan fingerprint density at radius 2 is 1.95 bits per heavy atom. The molecule has 2 aliphatic heterocycles. The highest BCUT2D eigenvalue weighted by Crippen LogP contribution is 2.19. The van der Waals surface area contributed by atoms with Gasteiger partial charge in [0.25, 0.3) is 5.91 Å². The second-order valence-electron chi connectivity index (χ2n) is 5.38. The van der Waals surface area contributed by atoms with Gasteiger partial charge >= 0.3 is 0 Å². The third-order valence-corrected chi connectivity index (χ3v) is 3.76. The lowest BCUT2D eigenvalue weighted by Crippen LogP contribution is -2.60. The number of ether oxygens (including phenoxy) is 2. The Balaban J connectivity index is 1.94. The molecule has 6 heteroatoms. The summed E-state index contributed by atoms with van der Waals surface area (Å²) in [6.45, 7) is 5.90. The Morgan fingerprint density at radius 1 is 1.26 bits per heavy atom. The van der Waals surface area contributed by atoms with Crippen molar-refractivity contribution >= 4 is 11.8 Å². The number of carbonyl (C=O) groups is 2. The summed E-state index contributed by atoms with van der Waals surface area (Å²) in [5.41, 5.74) is -0.942. The zero-order valence-electron chi connectivity index (χ0n) is 11.6. The van der Waals surface area contributed by atoms with Crippen molar-refractivity contribution in [3.8, 4) is 0 Å². The molecule has 0 spiro atoms. The van der Waals surface area contributed by atoms with Crippen LogP contribution in [0.25, 0.3) is 0 Å². The highest BCUT2D eigenvalue weighted by Gasteiger charge is 2.40. The minimum Gasteiger partial charge on any atom is -0.381 e. The van der Waals surface area contributed by atoms with Crippen molar-refractivity contribution in [2.75, 3.05) is 32.9 Å². The van der Waals surface area contributed by atoms with Crippen molar-refractivity contribution in [2.24, 2.45) is 0 Å². The van der Waals surface area contributed by atoms with Gasteiger partial charge < -0.3 is 19.7 Å². The molecular formula is C13H22N2O4. The number of carbonyl (C=O) groups excluding carboxylic acids is 2. The summed E-state index contributed by atoms with van der Waals surface area (Å²) in [4.78, 5) is 25.4. The standard InChI is InChI=1S/C13H22N2O4/c1-10(16)15-5-8-19-13(2,9-15)12(17)14-11-3-6-18-7-4-11/h11H,3-9H2,1-2H3,(H,14,17)/t13-/m0/s1. The maximum absolute atomic E-state index is 12.3. The largest absolute Gasteiger partial charge is 0.381 e. The van der Waals surface area contributed by atoms with Gasteiger partial charge in [0, 0.05) is 32.7 Å². The third kappa shape index (κ3) is 3.45. The van der Waals surface area contributed by atoms with E-state index in [2.05, 4.69) is 5.32 Å². The fourth-order valence-electron chi connectivity index (χ4n) is 2.46. The lowest BCUT2D eigenvalue weighted by molar-refractivity contribution is -0.162. The first kappa shape index (κ1) is 14.3. The smallest absolute Gasteiger partial charge is 0.254 e. The van der Waals surface area contributed by atoms with E-state index in [1.165, 1.54) is 6.92 Å². The van der Waals surface area contributed by atoms with Crippen LogP contribution in [-0.4, -0.2) is 61.3 Å². The van der Waals surface area contributed by atoms with E-state index < -0.39 is 5.60 Å². The molecule has 1 atom stereocenters. The second-order valence-corrected chi connectivity index (χ2v) is 5.38. The Bertz CT molecular complexity index is 355. The van der Waals surface area contributed by atoms with E-state index in [4.69, 9.17) is 9.47 Å². The van der Waals surface area contributed by atoms with Crippen LogP contribution in [0.2, 0.25) is 0 Å². The van der Waals surface area contributed by atoms with Gasteiger partial charge in [-0.15, -0.1) is 0 Å². The van der Waals surface area contributed by atoms with Crippen molar-refractivity contribution in [1.29, 1.82) is 0 Å². The normalized spacial score (nSPS) is 29.1. The lowest BCUT2D eigenvalue weighted by atomic mass is 10.0. The number of amides is 2. The summed E-state index contributed by atoms with van der Waals surface area (Å²) in [5, 5.41) is 3.01. The number of nitrogens with zero attached hydrogens (tertiary/aromatic N) is 1. The fourth-order valence-corrected chi connectivity index (χ4v) is 2.46. The van der Waals surface area contributed by atoms with Crippen LogP contribution in [0.1, 0.15) is 26.7 Å². The van der Waals surface area contributed by atoms with Crippen molar-refractivity contribution in [2.45, 2.75) is 38.3 Å². The monoisotopic (exact) mass is 270 g/mol. The molecule has 0 bridgehead atoms. The SMILES string of the molecule is CC(=O)N1CCO[C@](C)(C(=O)NC2CCOCC2)C1. The molecule has 0 aliphatic carbocycles. The molecule has 0 aromatic carbocycles. The van der Waals surface area contributed by atoms with Crippen molar-refractivity contribution < 1.29 is 19.1 Å². The van der Waals surface area contributed by atoms with E-state index in [1.807, 2.05) is 0 Å². The maximum Gasteiger partial charge on any atom is 0.254 e. The molecule has 0 unspecified atom stereocenters. The van der Waals surface area contributed by atoms with E-state index in [-0.39, 0.29) is 17.9 Å². The highest BCUT2D eigenvalue weighted by atomic mass is 16.5. The first-order valence-electron chi connectivity index (χ1n) is 6.79. The molecule has 2 saturated heterocycles. The molecule has 19 heavy (non-hydrogen) atoms. The average Bonchev–Trinajstić information content (AvgIpc) is 2.40. The van der Waals surface area contributed by atoms with Gasteiger partial charge in [-0.3, -0.25) is 9.59 Å². The third-order valence-electron chi connectivity index (χ3n) is 3.76. The van der Waals surface area contributed by atoms with Crippen molar-refractivity contribution in [3.63, 3.8) is 0 Å². The maximum atomic E-state index is 12.3. The van der Waals surface area contributed by atoms with Gasteiger partial charge in [-0.25, -0.2) is 0 Å². The van der Waals surface area contributed by atoms with Gasteiger partial charge in [0.1, 0.15) is 0 Å². The summed E-state index contributed by atoms with van der Waals surface area (Å²) in [5.74, 6) is -0.154. The van der Waals surface area contributed by atoms with Crippen LogP contribution >= 0.6 is 0 Å². The first-order chi connectivity index (χ1) is 9.01. The van der Waals surface area contributed by atoms with Crippen LogP contribution in [0.15, 0.2) is 0 Å². The number of hydrogen-bond acceptors (Lipinski definition) is 4. The molecule has 2 rings (SSSR count). The minimum atomic E-state index is -0.942. The van der Waals surface area contributed by atoms with Crippen LogP contribution in [0, 0.1) is 0 Å². The van der Waals surface area contributed by atoms with Crippen molar-refractivity contribution in [1.82, 2.24) is 10.2 Å². The number of nitrogens with one attached hydrogen (secondary N) is 1. The van der Waals surface area contributed by atoms with Crippen LogP contribution < -0.4 is 5.32 Å². The molecule has 0 aromatic rings. The van der Waals surface area contributed by atoms with E-state index in [0.29, 0.717) is 32.9 Å². The molecule has 0 aromatic heterocycles. The Kier molecular flexibility index (Phi) is 4.42. The molecule has 2 fully saturated rings. The van der Waals surface area contributed by atoms with E-state index in [0.717, 1.165) is 12.8 Å². The molecule has 6 nitrogen and oxygen atoms in total. The first-order valence-corrected chi connectivity index (χ1v) is 6.79. The van der Waals surface area contributed by atoms with Crippen LogP contribution in [-0.2, 0) is 19.1 Å². The molecule has 0 radical (unpaired) electrons. The van der Waals surface area contributed by atoms with E-state index >= 15 is 0 Å². The second kappa shape index (κ2) is 5.88. The quantitative estimate of drug-likeness (QED) is 0.762. The fraction of sp³-hybridized carbons (Fsp3) is 0.846. The van der Waals surface area contributed by atoms with Crippen molar-refractivity contribution in [3.05, 3.63) is 0 Å². The Labute approximate surface area is 113 Å². The summed E-state index contributed by atoms with van der Waals surface area (Å²) in [6.07, 6.45) is 1.66. The topological polar surface area (TPSA) is 67.9 Å². The molecule has 1 N–H and O–H groups in total. The number of hydrogen-bond donors (Lipinski definition) is 1. The van der Waals surface area contributed by atoms with Gasteiger partial charge in [0.15, 0.2) is 5.60 Å². The van der Waals surface area contributed by atoms with Gasteiger partial charge in [0.05, 0.1) is 13.2 Å². The summed E-state index contributed by atoms with van der Waals surface area (Å²) in [6, 6.07) is 0.148. The minimum absolute atomic E-state index is 0.0200. The van der Waals surface area contributed by atoms with E-state index in [1.54, 1.807) is 11.8 Å². The number of rotatable bonds is 2. The number of morpholine rings is 1. The van der Waals surface area contributed by atoms with Gasteiger partial charge in [0.2, 0.25) is 5.91 Å². The Morgan fingerprint density at radius 3 is 2.58 bits per heavy atom. The van der Waals surface area contributed by atoms with Gasteiger partial charge in [-0.2, -0.15) is 0 Å². The summed E-state index contributed by atoms with van der Waals surface area (Å²) < 4.78 is 10.9. The summed E-state index contributed by atoms with van der Waals surface area (Å²) in [7, 11) is 0. The van der Waals surface area contributed by atoms with Crippen LogP contribution in [0.4, 0.5) is 0 Å². The van der Waals surface area contributed by atoms with Crippen LogP contribution in [0.5, 0.6) is 0 Å². The molecule has 2 amide bonds. The van der Waals surface area contributed by atoms with Gasteiger partial charge in [-0.05, 0) is 19.8 Å². The van der Waals surface area contributed by atoms with Crippen LogP contribution in [0.3, 0.4) is 0 Å².